The second-order valence-electron chi connectivity index (χ2n) is 13.5. The average Bonchev–Trinajstić information content (AvgIpc) is 3.63. The summed E-state index contributed by atoms with van der Waals surface area (Å²) in [6.45, 7) is 12.7. The van der Waals surface area contributed by atoms with E-state index in [2.05, 4.69) is 10.6 Å². The largest absolute Gasteiger partial charge is 0.481 e. The van der Waals surface area contributed by atoms with Crippen molar-refractivity contribution in [3.05, 3.63) is 0 Å². The molecule has 2 heterocycles. The van der Waals surface area contributed by atoms with Crippen LogP contribution < -0.4 is 10.6 Å². The summed E-state index contributed by atoms with van der Waals surface area (Å²) >= 11 is 0. The highest BCUT2D eigenvalue weighted by Crippen LogP contribution is 2.27. The van der Waals surface area contributed by atoms with E-state index in [0.717, 1.165) is 0 Å². The van der Waals surface area contributed by atoms with Crippen molar-refractivity contribution in [3.8, 4) is 0 Å². The number of hydrogen-bond donors (Lipinski definition) is 4. The Morgan fingerprint density at radius 2 is 1.66 bits per heavy atom. The molecule has 15 nitrogen and oxygen atoms in total. The van der Waals surface area contributed by atoms with E-state index in [0.29, 0.717) is 19.3 Å². The molecule has 0 aromatic rings. The lowest BCUT2D eigenvalue weighted by molar-refractivity contribution is -0.153. The summed E-state index contributed by atoms with van der Waals surface area (Å²) in [5.41, 5.74) is 0. The number of carboxylic acid groups (broad SMARTS) is 1. The van der Waals surface area contributed by atoms with Gasteiger partial charge in [0.2, 0.25) is 23.6 Å². The van der Waals surface area contributed by atoms with E-state index in [1.54, 1.807) is 27.7 Å². The minimum atomic E-state index is -1.39. The Kier molecular flexibility index (Phi) is 14.6. The van der Waals surface area contributed by atoms with Crippen LogP contribution in [0.5, 0.6) is 0 Å². The van der Waals surface area contributed by atoms with Crippen molar-refractivity contribution >= 4 is 35.5 Å². The van der Waals surface area contributed by atoms with Crippen LogP contribution in [0, 0.1) is 11.8 Å². The predicted octanol–water partition coefficient (Wildman–Crippen LogP) is 0.332. The van der Waals surface area contributed by atoms with Gasteiger partial charge in [-0.25, -0.2) is 0 Å². The highest BCUT2D eigenvalue weighted by Gasteiger charge is 2.43. The lowest BCUT2D eigenvalue weighted by atomic mass is 9.94. The van der Waals surface area contributed by atoms with E-state index in [-0.39, 0.29) is 44.4 Å². The molecule has 2 aliphatic heterocycles. The zero-order chi connectivity index (χ0) is 35.8. The van der Waals surface area contributed by atoms with E-state index in [4.69, 9.17) is 14.6 Å². The van der Waals surface area contributed by atoms with Crippen molar-refractivity contribution < 1.29 is 48.5 Å². The van der Waals surface area contributed by atoms with Crippen molar-refractivity contribution in [1.82, 2.24) is 25.3 Å². The lowest BCUT2D eigenvalue weighted by Crippen LogP contribution is -2.61. The molecule has 15 heteroatoms. The number of aliphatic hydroxyl groups excluding tert-OH is 1. The first-order chi connectivity index (χ1) is 21.8. The number of aliphatic hydroxyl groups is 1. The minimum absolute atomic E-state index is 0.0214. The second kappa shape index (κ2) is 17.2. The van der Waals surface area contributed by atoms with Gasteiger partial charge >= 0.3 is 5.97 Å². The molecule has 0 aliphatic carbocycles. The molecule has 0 radical (unpaired) electrons. The third kappa shape index (κ3) is 10.6. The Morgan fingerprint density at radius 3 is 2.19 bits per heavy atom. The van der Waals surface area contributed by atoms with Gasteiger partial charge in [0.25, 0.3) is 5.91 Å². The Morgan fingerprint density at radius 1 is 1.02 bits per heavy atom. The number of carbonyl (C=O) groups excluding carboxylic acids is 5. The number of ether oxygens (including phenoxy) is 2. The van der Waals surface area contributed by atoms with E-state index < -0.39 is 77.7 Å². The summed E-state index contributed by atoms with van der Waals surface area (Å²) in [6.07, 6.45) is -0.652. The van der Waals surface area contributed by atoms with Gasteiger partial charge < -0.3 is 45.0 Å². The van der Waals surface area contributed by atoms with E-state index in [9.17, 15) is 33.9 Å². The first-order valence-electron chi connectivity index (χ1n) is 16.5. The summed E-state index contributed by atoms with van der Waals surface area (Å²) in [7, 11) is 2.92. The number of likely N-dealkylation sites (N-methyl/N-ethyl adjacent to an activating group) is 2. The van der Waals surface area contributed by atoms with E-state index in [1.165, 1.54) is 35.7 Å². The molecule has 0 bridgehead atoms. The predicted molar refractivity (Wildman–Crippen MR) is 171 cm³/mol. The first kappa shape index (κ1) is 39.9. The van der Waals surface area contributed by atoms with Gasteiger partial charge in [0.05, 0.1) is 19.1 Å². The molecular weight excluding hydrogens is 614 g/mol. The number of amides is 5. The van der Waals surface area contributed by atoms with Crippen molar-refractivity contribution in [2.45, 2.75) is 123 Å². The highest BCUT2D eigenvalue weighted by atomic mass is 16.7. The quantitative estimate of drug-likeness (QED) is 0.178. The Bertz CT molecular complexity index is 1150. The Balaban J connectivity index is 2.16. The smallest absolute Gasteiger partial charge is 0.305 e. The van der Waals surface area contributed by atoms with Crippen LogP contribution in [0.1, 0.15) is 80.6 Å². The van der Waals surface area contributed by atoms with Crippen LogP contribution in [0.25, 0.3) is 0 Å². The highest BCUT2D eigenvalue weighted by molar-refractivity contribution is 5.96. The van der Waals surface area contributed by atoms with Crippen LogP contribution in [0.15, 0.2) is 0 Å². The van der Waals surface area contributed by atoms with Crippen LogP contribution in [0.3, 0.4) is 0 Å². The minimum Gasteiger partial charge on any atom is -0.481 e. The van der Waals surface area contributed by atoms with Crippen LogP contribution in [-0.2, 0) is 38.2 Å². The molecule has 0 aromatic heterocycles. The number of carboxylic acids is 1. The zero-order valence-electron chi connectivity index (χ0n) is 29.3. The first-order valence-corrected chi connectivity index (χ1v) is 16.5. The molecule has 47 heavy (non-hydrogen) atoms. The molecule has 2 unspecified atom stereocenters. The molecule has 7 atom stereocenters. The summed E-state index contributed by atoms with van der Waals surface area (Å²) in [6, 6.07) is -3.81. The number of likely N-dealkylation sites (tertiary alicyclic amines) is 1. The van der Waals surface area contributed by atoms with Gasteiger partial charge in [0, 0.05) is 33.6 Å². The second-order valence-corrected chi connectivity index (χ2v) is 13.5. The van der Waals surface area contributed by atoms with E-state index >= 15 is 0 Å². The molecular formula is C32H55N5O10. The molecule has 0 spiro atoms. The fourth-order valence-corrected chi connectivity index (χ4v) is 5.93. The number of hydrogen-bond acceptors (Lipinski definition) is 9. The molecule has 5 amide bonds. The molecule has 2 saturated heterocycles. The van der Waals surface area contributed by atoms with Gasteiger partial charge in [-0.15, -0.1) is 0 Å². The number of carbonyl (C=O) groups is 6. The van der Waals surface area contributed by atoms with Crippen LogP contribution in [0.2, 0.25) is 0 Å². The lowest BCUT2D eigenvalue weighted by Gasteiger charge is -2.38. The van der Waals surface area contributed by atoms with Crippen molar-refractivity contribution in [2.24, 2.45) is 11.8 Å². The maximum absolute atomic E-state index is 14.0. The summed E-state index contributed by atoms with van der Waals surface area (Å²) < 4.78 is 11.2. The monoisotopic (exact) mass is 669 g/mol. The van der Waals surface area contributed by atoms with E-state index in [1.807, 2.05) is 13.8 Å². The van der Waals surface area contributed by atoms with Gasteiger partial charge in [-0.3, -0.25) is 28.8 Å². The van der Waals surface area contributed by atoms with Gasteiger partial charge in [0.15, 0.2) is 5.79 Å². The van der Waals surface area contributed by atoms with Gasteiger partial charge in [0.1, 0.15) is 30.3 Å². The zero-order valence-corrected chi connectivity index (χ0v) is 29.3. The standard InChI is InChI=1S/C32H55N5O10/c1-10-19(4)25(30(44)36(9)26(18(2)3)31(45)35(8)20(5)27(41)33-14-13-24(39)40)34-28(42)22-12-11-15-37(22)29(43)23(38)16-21-17-46-32(6,7)47-21/h18-23,25-26,38H,10-17H2,1-9H3,(H,33,41)(H,34,42)(H,39,40)/t19-,20-,21?,22-,23?,25-,26-/m0/s1. The Hall–Kier alpha value is -3.30. The molecule has 2 fully saturated rings. The van der Waals surface area contributed by atoms with Crippen LogP contribution in [0.4, 0.5) is 0 Å². The number of aliphatic carboxylic acids is 1. The normalized spacial score (nSPS) is 22.1. The van der Waals surface area contributed by atoms with Crippen molar-refractivity contribution in [1.29, 1.82) is 0 Å². The fraction of sp³-hybridized carbons (Fsp3) is 0.812. The van der Waals surface area contributed by atoms with Crippen molar-refractivity contribution in [2.75, 3.05) is 33.8 Å². The SMILES string of the molecule is CC[C@H](C)[C@H](NC(=O)[C@@H]1CCCN1C(=O)C(O)CC1COC(C)(C)O1)C(=O)N(C)[C@H](C(=O)N(C)[C@@H](C)C(=O)NCCC(=O)O)C(C)C. The van der Waals surface area contributed by atoms with Gasteiger partial charge in [-0.05, 0) is 45.4 Å². The molecule has 2 aliphatic rings. The maximum atomic E-state index is 14.0. The number of nitrogens with one attached hydrogen (secondary N) is 2. The summed E-state index contributed by atoms with van der Waals surface area (Å²) in [5, 5.41) is 24.9. The topological polar surface area (TPSA) is 195 Å². The van der Waals surface area contributed by atoms with Gasteiger partial charge in [-0.2, -0.15) is 0 Å². The fourth-order valence-electron chi connectivity index (χ4n) is 5.93. The van der Waals surface area contributed by atoms with Gasteiger partial charge in [-0.1, -0.05) is 34.1 Å². The van der Waals surface area contributed by atoms with Crippen LogP contribution in [-0.4, -0.2) is 136 Å². The molecule has 2 rings (SSSR count). The average molecular weight is 670 g/mol. The third-order valence-electron chi connectivity index (χ3n) is 9.05. The molecule has 4 N–H and O–H groups in total. The Labute approximate surface area is 277 Å². The molecule has 0 aromatic carbocycles. The number of nitrogens with zero attached hydrogens (tertiary/aromatic N) is 3. The summed E-state index contributed by atoms with van der Waals surface area (Å²) in [4.78, 5) is 81.8. The summed E-state index contributed by atoms with van der Waals surface area (Å²) in [5.74, 6) is -5.19. The van der Waals surface area contributed by atoms with Crippen LogP contribution >= 0.6 is 0 Å². The number of rotatable bonds is 16. The molecule has 0 saturated carbocycles. The molecule has 268 valence electrons. The van der Waals surface area contributed by atoms with Crippen molar-refractivity contribution in [3.63, 3.8) is 0 Å². The third-order valence-corrected chi connectivity index (χ3v) is 9.05. The maximum Gasteiger partial charge on any atom is 0.305 e.